The Bertz CT molecular complexity index is 455. The maximum absolute atomic E-state index is 11.6. The molecule has 26 heavy (non-hydrogen) atoms. The number of unbranched alkanes of at least 4 members (excludes halogenated alkanes) is 3. The molecule has 150 valence electrons. The van der Waals surface area contributed by atoms with E-state index in [2.05, 4.69) is 5.32 Å². The van der Waals surface area contributed by atoms with E-state index in [1.54, 1.807) is 0 Å². The summed E-state index contributed by atoms with van der Waals surface area (Å²) >= 11 is 0. The van der Waals surface area contributed by atoms with Gasteiger partial charge in [0, 0.05) is 13.0 Å². The number of rotatable bonds is 16. The minimum absolute atomic E-state index is 0.0739. The molecule has 0 unspecified atom stereocenters. The van der Waals surface area contributed by atoms with Crippen LogP contribution >= 0.6 is 0 Å². The number of nitrogens with one attached hydrogen (secondary N) is 1. The molecule has 0 aromatic heterocycles. The lowest BCUT2D eigenvalue weighted by molar-refractivity contribution is -0.149. The average Bonchev–Trinajstić information content (AvgIpc) is 2.53. The molecule has 0 rings (SSSR count). The molecule has 0 fully saturated rings. The van der Waals surface area contributed by atoms with Crippen LogP contribution in [-0.4, -0.2) is 76.3 Å². The van der Waals surface area contributed by atoms with Crippen molar-refractivity contribution in [2.45, 2.75) is 51.0 Å². The SMILES string of the molecule is NCCCCCC(=O)NCCCC[C@@H](C(=O)O)N(CC(=O)O)CC(=O)O. The van der Waals surface area contributed by atoms with Crippen molar-refractivity contribution < 1.29 is 34.5 Å². The summed E-state index contributed by atoms with van der Waals surface area (Å²) in [6.45, 7) is -0.335. The zero-order chi connectivity index (χ0) is 19.9. The molecule has 0 bridgehead atoms. The van der Waals surface area contributed by atoms with Gasteiger partial charge >= 0.3 is 17.9 Å². The Morgan fingerprint density at radius 1 is 0.885 bits per heavy atom. The van der Waals surface area contributed by atoms with Crippen LogP contribution in [0, 0.1) is 0 Å². The molecule has 0 aliphatic rings. The maximum Gasteiger partial charge on any atom is 0.320 e. The summed E-state index contributed by atoms with van der Waals surface area (Å²) < 4.78 is 0. The van der Waals surface area contributed by atoms with Crippen LogP contribution in [0.4, 0.5) is 0 Å². The van der Waals surface area contributed by atoms with Gasteiger partial charge in [-0.05, 0) is 38.6 Å². The van der Waals surface area contributed by atoms with Crippen LogP contribution in [0.1, 0.15) is 44.9 Å². The third-order valence-corrected chi connectivity index (χ3v) is 3.74. The summed E-state index contributed by atoms with van der Waals surface area (Å²) in [5, 5.41) is 29.6. The molecule has 10 heteroatoms. The second-order valence-electron chi connectivity index (χ2n) is 5.99. The van der Waals surface area contributed by atoms with E-state index in [9.17, 15) is 24.3 Å². The van der Waals surface area contributed by atoms with E-state index in [0.29, 0.717) is 32.4 Å². The summed E-state index contributed by atoms with van der Waals surface area (Å²) in [7, 11) is 0. The van der Waals surface area contributed by atoms with Gasteiger partial charge in [0.1, 0.15) is 6.04 Å². The van der Waals surface area contributed by atoms with Gasteiger partial charge in [-0.3, -0.25) is 24.1 Å². The van der Waals surface area contributed by atoms with Gasteiger partial charge in [0.05, 0.1) is 13.1 Å². The molecule has 6 N–H and O–H groups in total. The Labute approximate surface area is 152 Å². The fourth-order valence-electron chi connectivity index (χ4n) is 2.47. The van der Waals surface area contributed by atoms with Crippen LogP contribution in [0.25, 0.3) is 0 Å². The highest BCUT2D eigenvalue weighted by molar-refractivity contribution is 5.78. The second kappa shape index (κ2) is 14.0. The largest absolute Gasteiger partial charge is 0.480 e. The molecule has 0 aliphatic heterocycles. The van der Waals surface area contributed by atoms with E-state index >= 15 is 0 Å². The van der Waals surface area contributed by atoms with Crippen molar-refractivity contribution in [1.29, 1.82) is 0 Å². The summed E-state index contributed by atoms with van der Waals surface area (Å²) in [6.07, 6.45) is 4.00. The third kappa shape index (κ3) is 12.2. The van der Waals surface area contributed by atoms with E-state index in [4.69, 9.17) is 15.9 Å². The number of carboxylic acid groups (broad SMARTS) is 3. The number of nitrogens with two attached hydrogens (primary N) is 1. The highest BCUT2D eigenvalue weighted by Crippen LogP contribution is 2.10. The van der Waals surface area contributed by atoms with Crippen LogP contribution in [0.15, 0.2) is 0 Å². The van der Waals surface area contributed by atoms with E-state index in [1.165, 1.54) is 0 Å². The van der Waals surface area contributed by atoms with E-state index < -0.39 is 37.0 Å². The lowest BCUT2D eigenvalue weighted by atomic mass is 10.1. The zero-order valence-electron chi connectivity index (χ0n) is 14.9. The Morgan fingerprint density at radius 2 is 1.50 bits per heavy atom. The number of hydrogen-bond donors (Lipinski definition) is 5. The molecule has 0 aromatic rings. The summed E-state index contributed by atoms with van der Waals surface area (Å²) in [4.78, 5) is 45.5. The number of carboxylic acids is 3. The van der Waals surface area contributed by atoms with Crippen molar-refractivity contribution in [3.8, 4) is 0 Å². The van der Waals surface area contributed by atoms with Gasteiger partial charge in [-0.1, -0.05) is 6.42 Å². The Hall–Kier alpha value is -2.20. The predicted octanol–water partition coefficient (Wildman–Crippen LogP) is -0.284. The lowest BCUT2D eigenvalue weighted by Gasteiger charge is -2.25. The van der Waals surface area contributed by atoms with E-state index in [1.807, 2.05) is 0 Å². The molecule has 0 saturated carbocycles. The molecule has 10 nitrogen and oxygen atoms in total. The van der Waals surface area contributed by atoms with Crippen molar-refractivity contribution >= 4 is 23.8 Å². The fraction of sp³-hybridized carbons (Fsp3) is 0.750. The predicted molar refractivity (Wildman–Crippen MR) is 92.7 cm³/mol. The third-order valence-electron chi connectivity index (χ3n) is 3.74. The van der Waals surface area contributed by atoms with Crippen LogP contribution < -0.4 is 11.1 Å². The molecular formula is C16H29N3O7. The molecule has 0 saturated heterocycles. The van der Waals surface area contributed by atoms with Gasteiger partial charge in [-0.25, -0.2) is 0 Å². The first-order valence-electron chi connectivity index (χ1n) is 8.65. The first kappa shape index (κ1) is 23.8. The van der Waals surface area contributed by atoms with Gasteiger partial charge in [-0.15, -0.1) is 0 Å². The number of carbonyl (C=O) groups excluding carboxylic acids is 1. The Kier molecular flexibility index (Phi) is 12.8. The minimum Gasteiger partial charge on any atom is -0.480 e. The fourth-order valence-corrected chi connectivity index (χ4v) is 2.47. The van der Waals surface area contributed by atoms with Gasteiger partial charge in [0.2, 0.25) is 5.91 Å². The number of nitrogens with zero attached hydrogens (tertiary/aromatic N) is 1. The molecule has 0 radical (unpaired) electrons. The molecule has 1 atom stereocenters. The van der Waals surface area contributed by atoms with Crippen LogP contribution in [0.5, 0.6) is 0 Å². The van der Waals surface area contributed by atoms with Crippen molar-refractivity contribution in [2.75, 3.05) is 26.2 Å². The number of aliphatic carboxylic acids is 3. The van der Waals surface area contributed by atoms with Gasteiger partial charge in [-0.2, -0.15) is 0 Å². The first-order chi connectivity index (χ1) is 12.3. The van der Waals surface area contributed by atoms with Gasteiger partial charge < -0.3 is 26.4 Å². The number of hydrogen-bond acceptors (Lipinski definition) is 6. The summed E-state index contributed by atoms with van der Waals surface area (Å²) in [5.74, 6) is -3.93. The molecule has 0 aromatic carbocycles. The highest BCUT2D eigenvalue weighted by Gasteiger charge is 2.28. The van der Waals surface area contributed by atoms with Gasteiger partial charge in [0.15, 0.2) is 0 Å². The lowest BCUT2D eigenvalue weighted by Crippen LogP contribution is -2.46. The molecule has 0 aliphatic carbocycles. The average molecular weight is 375 g/mol. The van der Waals surface area contributed by atoms with Crippen LogP contribution in [-0.2, 0) is 19.2 Å². The Balaban J connectivity index is 4.23. The topological polar surface area (TPSA) is 170 Å². The van der Waals surface area contributed by atoms with Crippen molar-refractivity contribution in [2.24, 2.45) is 5.73 Å². The maximum atomic E-state index is 11.6. The van der Waals surface area contributed by atoms with Gasteiger partial charge in [0.25, 0.3) is 0 Å². The van der Waals surface area contributed by atoms with Crippen molar-refractivity contribution in [1.82, 2.24) is 10.2 Å². The zero-order valence-corrected chi connectivity index (χ0v) is 14.9. The molecule has 0 spiro atoms. The summed E-state index contributed by atoms with van der Waals surface area (Å²) in [5.41, 5.74) is 5.37. The molecule has 1 amide bonds. The Morgan fingerprint density at radius 3 is 2.00 bits per heavy atom. The monoisotopic (exact) mass is 375 g/mol. The van der Waals surface area contributed by atoms with Crippen LogP contribution in [0.3, 0.4) is 0 Å². The molecular weight excluding hydrogens is 346 g/mol. The highest BCUT2D eigenvalue weighted by atomic mass is 16.4. The molecule has 0 heterocycles. The van der Waals surface area contributed by atoms with Crippen molar-refractivity contribution in [3.05, 3.63) is 0 Å². The standard InChI is InChI=1S/C16H29N3O7/c17-8-4-1-2-7-13(20)18-9-5-3-6-12(16(25)26)19(10-14(21)22)11-15(23)24/h12H,1-11,17H2,(H,18,20)(H,21,22)(H,23,24)(H,25,26)/t12-/m0/s1. The normalized spacial score (nSPS) is 11.9. The summed E-state index contributed by atoms with van der Waals surface area (Å²) in [6, 6.07) is -1.20. The minimum atomic E-state index is -1.29. The number of carbonyl (C=O) groups is 4. The van der Waals surface area contributed by atoms with Crippen molar-refractivity contribution in [3.63, 3.8) is 0 Å². The quantitative estimate of drug-likeness (QED) is 0.227. The van der Waals surface area contributed by atoms with Crippen LogP contribution in [0.2, 0.25) is 0 Å². The first-order valence-corrected chi connectivity index (χ1v) is 8.65. The smallest absolute Gasteiger partial charge is 0.320 e. The second-order valence-corrected chi connectivity index (χ2v) is 5.99. The van der Waals surface area contributed by atoms with E-state index in [0.717, 1.165) is 24.2 Å². The van der Waals surface area contributed by atoms with E-state index in [-0.39, 0.29) is 12.3 Å². The number of amides is 1.